The van der Waals surface area contributed by atoms with E-state index in [0.29, 0.717) is 29.6 Å². The van der Waals surface area contributed by atoms with Gasteiger partial charge in [0.1, 0.15) is 5.75 Å². The predicted molar refractivity (Wildman–Crippen MR) is 187 cm³/mol. The summed E-state index contributed by atoms with van der Waals surface area (Å²) in [6.45, 7) is 12.2. The zero-order valence-corrected chi connectivity index (χ0v) is 29.2. The lowest BCUT2D eigenvalue weighted by atomic mass is 9.75. The number of piperazine rings is 1. The molecule has 2 aromatic carbocycles. The number of anilines is 2. The summed E-state index contributed by atoms with van der Waals surface area (Å²) in [5, 5.41) is 7.00. The number of Topliss-reactive ketones (excluding diaryl/α,β-unsaturated/α-hetero) is 1. The lowest BCUT2D eigenvalue weighted by Gasteiger charge is -2.38. The van der Waals surface area contributed by atoms with Crippen LogP contribution in [0.3, 0.4) is 0 Å². The quantitative estimate of drug-likeness (QED) is 0.196. The molecule has 11 nitrogen and oxygen atoms in total. The minimum atomic E-state index is -4.81. The number of hydrogen-bond donors (Lipinski definition) is 2. The lowest BCUT2D eigenvalue weighted by Crippen LogP contribution is -2.49. The van der Waals surface area contributed by atoms with Gasteiger partial charge in [-0.25, -0.2) is 4.68 Å². The molecule has 3 aliphatic rings. The standard InChI is InChI=1S/C37H46F3N7O4/c1-36(2)21-31-33(32(49)22-36)34(37(38,39)40)43-47(31)27-6-9-30(29(20-27)35(41)50)42-26-4-7-28(8-5-26)51-19-3-12-44-15-17-45(18-16-44)23-25-10-13-46(24-48)14-11-25/h4-9,20,24-25,42H,3,10-19,21-23H2,1-2H3,(H2,41,50). The van der Waals surface area contributed by atoms with Gasteiger partial charge >= 0.3 is 6.18 Å². The molecular weight excluding hydrogens is 663 g/mol. The number of amides is 2. The highest BCUT2D eigenvalue weighted by Crippen LogP contribution is 2.42. The number of alkyl halides is 3. The smallest absolute Gasteiger partial charge is 0.435 e. The molecular formula is C37H46F3N7O4. The largest absolute Gasteiger partial charge is 0.494 e. The molecule has 51 heavy (non-hydrogen) atoms. The van der Waals surface area contributed by atoms with Gasteiger partial charge < -0.3 is 30.5 Å². The second-order valence-corrected chi connectivity index (χ2v) is 14.7. The summed E-state index contributed by atoms with van der Waals surface area (Å²) in [6, 6.07) is 11.8. The van der Waals surface area contributed by atoms with Gasteiger partial charge in [-0.15, -0.1) is 0 Å². The third-order valence-electron chi connectivity index (χ3n) is 10.1. The second kappa shape index (κ2) is 15.0. The number of halogens is 3. The van der Waals surface area contributed by atoms with Crippen molar-refractivity contribution in [3.05, 3.63) is 65.0 Å². The molecule has 0 radical (unpaired) electrons. The molecule has 14 heteroatoms. The van der Waals surface area contributed by atoms with Crippen molar-refractivity contribution in [2.24, 2.45) is 17.1 Å². The van der Waals surface area contributed by atoms with Crippen molar-refractivity contribution < 1.29 is 32.3 Å². The molecule has 3 N–H and O–H groups in total. The number of rotatable bonds is 12. The highest BCUT2D eigenvalue weighted by Gasteiger charge is 2.45. The fourth-order valence-corrected chi connectivity index (χ4v) is 7.41. The van der Waals surface area contributed by atoms with E-state index in [4.69, 9.17) is 10.5 Å². The Morgan fingerprint density at radius 1 is 1.02 bits per heavy atom. The van der Waals surface area contributed by atoms with Crippen LogP contribution in [-0.2, 0) is 17.4 Å². The molecule has 0 atom stereocenters. The molecule has 0 saturated carbocycles. The minimum Gasteiger partial charge on any atom is -0.494 e. The minimum absolute atomic E-state index is 0.0159. The molecule has 2 fully saturated rings. The number of ketones is 1. The second-order valence-electron chi connectivity index (χ2n) is 14.7. The Labute approximate surface area is 295 Å². The average molecular weight is 710 g/mol. The number of nitrogens with two attached hydrogens (primary N) is 1. The Kier molecular flexibility index (Phi) is 10.7. The number of benzene rings is 2. The molecule has 1 aliphatic carbocycles. The molecule has 0 bridgehead atoms. The topological polar surface area (TPSA) is 126 Å². The predicted octanol–water partition coefficient (Wildman–Crippen LogP) is 5.14. The van der Waals surface area contributed by atoms with Crippen molar-refractivity contribution in [3.8, 4) is 11.4 Å². The Hall–Kier alpha value is -4.43. The average Bonchev–Trinajstić information content (AvgIpc) is 3.48. The van der Waals surface area contributed by atoms with Crippen molar-refractivity contribution in [1.82, 2.24) is 24.5 Å². The summed E-state index contributed by atoms with van der Waals surface area (Å²) in [7, 11) is 0. The maximum Gasteiger partial charge on any atom is 0.435 e. The van der Waals surface area contributed by atoms with Crippen LogP contribution in [-0.4, -0.2) is 102 Å². The normalized spacial score (nSPS) is 18.8. The highest BCUT2D eigenvalue weighted by molar-refractivity contribution is 6.01. The van der Waals surface area contributed by atoms with E-state index >= 15 is 0 Å². The van der Waals surface area contributed by atoms with E-state index in [0.717, 1.165) is 82.7 Å². The fourth-order valence-electron chi connectivity index (χ4n) is 7.41. The molecule has 0 spiro atoms. The van der Waals surface area contributed by atoms with Crippen molar-refractivity contribution in [2.45, 2.75) is 52.1 Å². The molecule has 3 aromatic rings. The first-order valence-electron chi connectivity index (χ1n) is 17.6. The van der Waals surface area contributed by atoms with Gasteiger partial charge in [0.2, 0.25) is 6.41 Å². The molecule has 2 saturated heterocycles. The zero-order valence-electron chi connectivity index (χ0n) is 29.2. The van der Waals surface area contributed by atoms with Crippen LogP contribution in [0.15, 0.2) is 42.5 Å². The Bertz CT molecular complexity index is 1720. The van der Waals surface area contributed by atoms with Gasteiger partial charge in [-0.2, -0.15) is 18.3 Å². The summed E-state index contributed by atoms with van der Waals surface area (Å²) < 4.78 is 48.9. The first-order valence-corrected chi connectivity index (χ1v) is 17.6. The Balaban J connectivity index is 1.02. The van der Waals surface area contributed by atoms with Crippen LogP contribution in [0.25, 0.3) is 5.69 Å². The van der Waals surface area contributed by atoms with Crippen molar-refractivity contribution in [3.63, 3.8) is 0 Å². The SMILES string of the molecule is CC1(C)CC(=O)c2c(C(F)(F)F)nn(-c3ccc(Nc4ccc(OCCCN5CCN(CC6CCN(C=O)CC6)CC5)cc4)c(C(N)=O)c3)c2C1. The van der Waals surface area contributed by atoms with Crippen molar-refractivity contribution in [1.29, 1.82) is 0 Å². The number of piperidine rings is 1. The number of likely N-dealkylation sites (tertiary alicyclic amines) is 1. The molecule has 0 unspecified atom stereocenters. The Morgan fingerprint density at radius 3 is 2.35 bits per heavy atom. The maximum atomic E-state index is 13.9. The van der Waals surface area contributed by atoms with Gasteiger partial charge in [0.15, 0.2) is 11.5 Å². The number of primary amides is 1. The van der Waals surface area contributed by atoms with Crippen LogP contribution < -0.4 is 15.8 Å². The van der Waals surface area contributed by atoms with E-state index < -0.39 is 34.5 Å². The third-order valence-corrected chi connectivity index (χ3v) is 10.1. The van der Waals surface area contributed by atoms with E-state index in [9.17, 15) is 27.6 Å². The Morgan fingerprint density at radius 2 is 1.71 bits per heavy atom. The van der Waals surface area contributed by atoms with Gasteiger partial charge in [-0.1, -0.05) is 13.8 Å². The van der Waals surface area contributed by atoms with Crippen LogP contribution in [0.2, 0.25) is 0 Å². The van der Waals surface area contributed by atoms with E-state index in [1.807, 2.05) is 43.0 Å². The third kappa shape index (κ3) is 8.73. The molecule has 2 aliphatic heterocycles. The van der Waals surface area contributed by atoms with Crippen molar-refractivity contribution in [2.75, 3.05) is 64.3 Å². The van der Waals surface area contributed by atoms with Gasteiger partial charge in [-0.05, 0) is 79.5 Å². The lowest BCUT2D eigenvalue weighted by molar-refractivity contribution is -0.141. The molecule has 6 rings (SSSR count). The monoisotopic (exact) mass is 709 g/mol. The van der Waals surface area contributed by atoms with Gasteiger partial charge in [0.05, 0.1) is 34.8 Å². The number of aromatic nitrogens is 2. The highest BCUT2D eigenvalue weighted by atomic mass is 19.4. The van der Waals surface area contributed by atoms with Crippen LogP contribution in [0.1, 0.15) is 71.6 Å². The molecule has 3 heterocycles. The number of carbonyl (C=O) groups excluding carboxylic acids is 3. The summed E-state index contributed by atoms with van der Waals surface area (Å²) in [5.41, 5.74) is 4.99. The summed E-state index contributed by atoms with van der Waals surface area (Å²) in [4.78, 5) is 43.2. The number of hydrogen-bond acceptors (Lipinski definition) is 8. The first-order chi connectivity index (χ1) is 24.3. The number of nitrogens with zero attached hydrogens (tertiary/aromatic N) is 5. The van der Waals surface area contributed by atoms with Gasteiger partial charge in [0.25, 0.3) is 5.91 Å². The van der Waals surface area contributed by atoms with Gasteiger partial charge in [-0.3, -0.25) is 14.4 Å². The number of carbonyl (C=O) groups is 3. The van der Waals surface area contributed by atoms with Crippen molar-refractivity contribution >= 4 is 29.5 Å². The summed E-state index contributed by atoms with van der Waals surface area (Å²) in [5.74, 6) is 0.00513. The number of ether oxygens (including phenoxy) is 1. The summed E-state index contributed by atoms with van der Waals surface area (Å²) >= 11 is 0. The maximum absolute atomic E-state index is 13.9. The van der Waals surface area contributed by atoms with E-state index in [1.165, 1.54) is 6.07 Å². The van der Waals surface area contributed by atoms with E-state index in [2.05, 4.69) is 20.2 Å². The first kappa shape index (κ1) is 36.4. The van der Waals surface area contributed by atoms with Gasteiger partial charge in [0, 0.05) is 64.5 Å². The number of fused-ring (bicyclic) bond motifs is 1. The van der Waals surface area contributed by atoms with E-state index in [-0.39, 0.29) is 29.8 Å². The van der Waals surface area contributed by atoms with Crippen LogP contribution in [0, 0.1) is 11.3 Å². The van der Waals surface area contributed by atoms with Crippen LogP contribution in [0.4, 0.5) is 24.5 Å². The summed E-state index contributed by atoms with van der Waals surface area (Å²) in [6.07, 6.45) is -0.591. The van der Waals surface area contributed by atoms with E-state index in [1.54, 1.807) is 12.1 Å². The molecule has 2 amide bonds. The number of nitrogens with one attached hydrogen (secondary N) is 1. The molecule has 274 valence electrons. The van der Waals surface area contributed by atoms with Crippen LogP contribution in [0.5, 0.6) is 5.75 Å². The molecule has 1 aromatic heterocycles. The fraction of sp³-hybridized carbons (Fsp3) is 0.514. The van der Waals surface area contributed by atoms with Crippen LogP contribution >= 0.6 is 0 Å². The zero-order chi connectivity index (χ0) is 36.3.